The fourth-order valence-corrected chi connectivity index (χ4v) is 2.29. The minimum atomic E-state index is -0.537. The van der Waals surface area contributed by atoms with Gasteiger partial charge in [0.25, 0.3) is 5.69 Å². The summed E-state index contributed by atoms with van der Waals surface area (Å²) in [6.07, 6.45) is 2.22. The van der Waals surface area contributed by atoms with Crippen LogP contribution in [0.4, 0.5) is 17.2 Å². The average molecular weight is 272 g/mol. The summed E-state index contributed by atoms with van der Waals surface area (Å²) >= 11 is 0. The molecule has 1 atom stereocenters. The standard InChI is InChI=1S/C13H12N4O3/c18-11-6-5-10-12(11)14-7-15-13(10)16-8-1-3-9(4-2-8)17(19)20/h1-4,7,11,18H,5-6H2,(H,14,15,16). The van der Waals surface area contributed by atoms with Crippen LogP contribution in [0.3, 0.4) is 0 Å². The number of nitro benzene ring substituents is 1. The lowest BCUT2D eigenvalue weighted by Gasteiger charge is -2.09. The molecule has 0 saturated carbocycles. The molecule has 1 aliphatic carbocycles. The van der Waals surface area contributed by atoms with Crippen LogP contribution in [0.2, 0.25) is 0 Å². The third kappa shape index (κ3) is 2.19. The second kappa shape index (κ2) is 4.86. The second-order valence-corrected chi connectivity index (χ2v) is 4.57. The monoisotopic (exact) mass is 272 g/mol. The topological polar surface area (TPSA) is 101 Å². The second-order valence-electron chi connectivity index (χ2n) is 4.57. The molecule has 7 heteroatoms. The fraction of sp³-hybridized carbons (Fsp3) is 0.231. The Bertz CT molecular complexity index is 657. The molecule has 1 unspecified atom stereocenters. The number of nitro groups is 1. The Labute approximate surface area is 114 Å². The average Bonchev–Trinajstić information content (AvgIpc) is 2.82. The zero-order valence-corrected chi connectivity index (χ0v) is 10.5. The third-order valence-corrected chi connectivity index (χ3v) is 3.30. The highest BCUT2D eigenvalue weighted by Crippen LogP contribution is 2.33. The van der Waals surface area contributed by atoms with Gasteiger partial charge in [0.05, 0.1) is 16.7 Å². The Morgan fingerprint density at radius 1 is 1.30 bits per heavy atom. The van der Waals surface area contributed by atoms with E-state index in [1.807, 2.05) is 0 Å². The summed E-state index contributed by atoms with van der Waals surface area (Å²) in [4.78, 5) is 18.4. The number of benzene rings is 1. The van der Waals surface area contributed by atoms with Gasteiger partial charge in [0.15, 0.2) is 0 Å². The first-order valence-corrected chi connectivity index (χ1v) is 6.18. The number of aliphatic hydroxyl groups is 1. The number of non-ortho nitro benzene ring substituents is 1. The van der Waals surface area contributed by atoms with Crippen LogP contribution in [-0.4, -0.2) is 20.0 Å². The summed E-state index contributed by atoms with van der Waals surface area (Å²) in [7, 11) is 0. The number of anilines is 2. The van der Waals surface area contributed by atoms with Gasteiger partial charge in [-0.25, -0.2) is 9.97 Å². The summed E-state index contributed by atoms with van der Waals surface area (Å²) < 4.78 is 0. The molecular weight excluding hydrogens is 260 g/mol. The van der Waals surface area contributed by atoms with Crippen LogP contribution < -0.4 is 5.32 Å². The van der Waals surface area contributed by atoms with Crippen LogP contribution >= 0.6 is 0 Å². The summed E-state index contributed by atoms with van der Waals surface area (Å²) in [6, 6.07) is 6.10. The van der Waals surface area contributed by atoms with Gasteiger partial charge in [0, 0.05) is 23.4 Å². The number of fused-ring (bicyclic) bond motifs is 1. The Hall–Kier alpha value is -2.54. The first-order chi connectivity index (χ1) is 9.65. The first kappa shape index (κ1) is 12.5. The largest absolute Gasteiger partial charge is 0.387 e. The summed E-state index contributed by atoms with van der Waals surface area (Å²) in [5.41, 5.74) is 2.31. The summed E-state index contributed by atoms with van der Waals surface area (Å²) in [5, 5.41) is 23.5. The van der Waals surface area contributed by atoms with Crippen molar-refractivity contribution < 1.29 is 10.0 Å². The zero-order valence-electron chi connectivity index (χ0n) is 10.5. The van der Waals surface area contributed by atoms with E-state index in [2.05, 4.69) is 15.3 Å². The van der Waals surface area contributed by atoms with Crippen molar-refractivity contribution in [2.75, 3.05) is 5.32 Å². The minimum Gasteiger partial charge on any atom is -0.387 e. The summed E-state index contributed by atoms with van der Waals surface area (Å²) in [5.74, 6) is 0.639. The Kier molecular flexibility index (Phi) is 3.03. The molecule has 1 aromatic heterocycles. The van der Waals surface area contributed by atoms with Gasteiger partial charge in [-0.15, -0.1) is 0 Å². The van der Waals surface area contributed by atoms with Crippen LogP contribution in [0, 0.1) is 10.1 Å². The van der Waals surface area contributed by atoms with Gasteiger partial charge in [0.2, 0.25) is 0 Å². The SMILES string of the molecule is O=[N+]([O-])c1ccc(Nc2ncnc3c2CCC3O)cc1. The van der Waals surface area contributed by atoms with Gasteiger partial charge >= 0.3 is 0 Å². The van der Waals surface area contributed by atoms with Crippen molar-refractivity contribution in [3.05, 3.63) is 52.0 Å². The van der Waals surface area contributed by atoms with Gasteiger partial charge in [-0.1, -0.05) is 0 Å². The van der Waals surface area contributed by atoms with E-state index in [4.69, 9.17) is 0 Å². The molecule has 1 aliphatic rings. The molecule has 2 aromatic rings. The number of aromatic nitrogens is 2. The van der Waals surface area contributed by atoms with E-state index in [-0.39, 0.29) is 5.69 Å². The molecule has 1 aromatic carbocycles. The van der Waals surface area contributed by atoms with Crippen molar-refractivity contribution in [1.29, 1.82) is 0 Å². The van der Waals surface area contributed by atoms with Crippen LogP contribution in [0.5, 0.6) is 0 Å². The van der Waals surface area contributed by atoms with Crippen molar-refractivity contribution in [3.63, 3.8) is 0 Å². The molecule has 3 rings (SSSR count). The molecule has 0 fully saturated rings. The summed E-state index contributed by atoms with van der Waals surface area (Å²) in [6.45, 7) is 0. The Balaban J connectivity index is 1.87. The highest BCUT2D eigenvalue weighted by Gasteiger charge is 2.25. The van der Waals surface area contributed by atoms with Gasteiger partial charge in [0.1, 0.15) is 12.1 Å². The predicted octanol–water partition coefficient (Wildman–Crippen LogP) is 2.11. The molecule has 0 aliphatic heterocycles. The van der Waals surface area contributed by atoms with Crippen molar-refractivity contribution in [3.8, 4) is 0 Å². The van der Waals surface area contributed by atoms with Gasteiger partial charge < -0.3 is 10.4 Å². The number of hydrogen-bond acceptors (Lipinski definition) is 6. The predicted molar refractivity (Wildman–Crippen MR) is 71.7 cm³/mol. The molecule has 7 nitrogen and oxygen atoms in total. The number of nitrogens with zero attached hydrogens (tertiary/aromatic N) is 3. The first-order valence-electron chi connectivity index (χ1n) is 6.18. The van der Waals surface area contributed by atoms with Crippen molar-refractivity contribution in [2.24, 2.45) is 0 Å². The molecule has 102 valence electrons. The lowest BCUT2D eigenvalue weighted by atomic mass is 10.2. The van der Waals surface area contributed by atoms with E-state index in [0.29, 0.717) is 30.0 Å². The van der Waals surface area contributed by atoms with Gasteiger partial charge in [-0.3, -0.25) is 10.1 Å². The minimum absolute atomic E-state index is 0.0406. The smallest absolute Gasteiger partial charge is 0.269 e. The molecule has 0 amide bonds. The maximum Gasteiger partial charge on any atom is 0.269 e. The van der Waals surface area contributed by atoms with Gasteiger partial charge in [-0.2, -0.15) is 0 Å². The van der Waals surface area contributed by atoms with E-state index >= 15 is 0 Å². The van der Waals surface area contributed by atoms with E-state index in [0.717, 1.165) is 5.56 Å². The number of hydrogen-bond donors (Lipinski definition) is 2. The molecule has 20 heavy (non-hydrogen) atoms. The van der Waals surface area contributed by atoms with Crippen molar-refractivity contribution in [1.82, 2.24) is 9.97 Å². The lowest BCUT2D eigenvalue weighted by Crippen LogP contribution is -2.02. The number of aliphatic hydroxyl groups excluding tert-OH is 1. The molecule has 0 bridgehead atoms. The highest BCUT2D eigenvalue weighted by atomic mass is 16.6. The maximum atomic E-state index is 10.6. The van der Waals surface area contributed by atoms with E-state index in [9.17, 15) is 15.2 Å². The molecular formula is C13H12N4O3. The fourth-order valence-electron chi connectivity index (χ4n) is 2.29. The molecule has 0 radical (unpaired) electrons. The molecule has 2 N–H and O–H groups in total. The lowest BCUT2D eigenvalue weighted by molar-refractivity contribution is -0.384. The normalized spacial score (nSPS) is 16.8. The number of rotatable bonds is 3. The van der Waals surface area contributed by atoms with E-state index < -0.39 is 11.0 Å². The quantitative estimate of drug-likeness (QED) is 0.655. The molecule has 0 saturated heterocycles. The Morgan fingerprint density at radius 2 is 2.05 bits per heavy atom. The van der Waals surface area contributed by atoms with Crippen molar-refractivity contribution in [2.45, 2.75) is 18.9 Å². The van der Waals surface area contributed by atoms with Crippen LogP contribution in [0.25, 0.3) is 0 Å². The third-order valence-electron chi connectivity index (χ3n) is 3.30. The maximum absolute atomic E-state index is 10.6. The van der Waals surface area contributed by atoms with E-state index in [1.54, 1.807) is 12.1 Å². The van der Waals surface area contributed by atoms with E-state index in [1.165, 1.54) is 18.5 Å². The van der Waals surface area contributed by atoms with Crippen LogP contribution in [-0.2, 0) is 6.42 Å². The zero-order chi connectivity index (χ0) is 14.1. The highest BCUT2D eigenvalue weighted by molar-refractivity contribution is 5.62. The molecule has 1 heterocycles. The van der Waals surface area contributed by atoms with Crippen LogP contribution in [0.1, 0.15) is 23.8 Å². The van der Waals surface area contributed by atoms with Gasteiger partial charge in [-0.05, 0) is 25.0 Å². The Morgan fingerprint density at radius 3 is 2.75 bits per heavy atom. The van der Waals surface area contributed by atoms with Crippen molar-refractivity contribution >= 4 is 17.2 Å². The van der Waals surface area contributed by atoms with Crippen LogP contribution in [0.15, 0.2) is 30.6 Å². The number of nitrogens with one attached hydrogen (secondary N) is 1. The molecule has 0 spiro atoms.